The number of cyclic esters (lactones) is 1. The molecule has 4 nitrogen and oxygen atoms in total. The third kappa shape index (κ3) is 3.97. The number of carbonyl (C=O) groups excluding carboxylic acids is 1. The second kappa shape index (κ2) is 6.48. The zero-order chi connectivity index (χ0) is 15.5. The van der Waals surface area contributed by atoms with Crippen molar-refractivity contribution in [1.82, 2.24) is 4.90 Å². The van der Waals surface area contributed by atoms with Gasteiger partial charge in [-0.05, 0) is 32.8 Å². The van der Waals surface area contributed by atoms with Gasteiger partial charge in [0.15, 0.2) is 6.23 Å². The van der Waals surface area contributed by atoms with Gasteiger partial charge < -0.3 is 9.47 Å². The van der Waals surface area contributed by atoms with Crippen molar-refractivity contribution in [3.63, 3.8) is 0 Å². The molecule has 1 aliphatic heterocycles. The Morgan fingerprint density at radius 3 is 2.57 bits per heavy atom. The molecular formula is C17H25NO3. The van der Waals surface area contributed by atoms with Crippen LogP contribution in [0.4, 0.5) is 4.79 Å². The van der Waals surface area contributed by atoms with Crippen LogP contribution in [0.3, 0.4) is 0 Å². The summed E-state index contributed by atoms with van der Waals surface area (Å²) in [7, 11) is 0. The van der Waals surface area contributed by atoms with Gasteiger partial charge >= 0.3 is 6.09 Å². The number of amides is 1. The summed E-state index contributed by atoms with van der Waals surface area (Å²) in [4.78, 5) is 13.7. The van der Waals surface area contributed by atoms with Crippen LogP contribution in [0.2, 0.25) is 0 Å². The van der Waals surface area contributed by atoms with Gasteiger partial charge in [-0.2, -0.15) is 0 Å². The van der Waals surface area contributed by atoms with Gasteiger partial charge in [0.2, 0.25) is 0 Å². The van der Waals surface area contributed by atoms with Gasteiger partial charge in [0.25, 0.3) is 0 Å². The van der Waals surface area contributed by atoms with E-state index in [4.69, 9.17) is 9.47 Å². The minimum atomic E-state index is -0.334. The zero-order valence-corrected chi connectivity index (χ0v) is 13.3. The summed E-state index contributed by atoms with van der Waals surface area (Å²) in [6.45, 7) is 8.65. The Kier molecular flexibility index (Phi) is 4.88. The van der Waals surface area contributed by atoms with Gasteiger partial charge in [0, 0.05) is 0 Å². The van der Waals surface area contributed by atoms with Crippen molar-refractivity contribution < 1.29 is 14.3 Å². The highest BCUT2D eigenvalue weighted by Crippen LogP contribution is 2.28. The second-order valence-electron chi connectivity index (χ2n) is 6.22. The lowest BCUT2D eigenvalue weighted by atomic mass is 10.0. The smallest absolute Gasteiger partial charge is 0.412 e. The van der Waals surface area contributed by atoms with E-state index in [-0.39, 0.29) is 24.0 Å². The molecule has 1 saturated heterocycles. The van der Waals surface area contributed by atoms with E-state index >= 15 is 0 Å². The minimum absolute atomic E-state index is 0.252. The molecule has 1 aliphatic rings. The molecule has 1 aromatic rings. The Morgan fingerprint density at radius 2 is 1.95 bits per heavy atom. The van der Waals surface area contributed by atoms with Gasteiger partial charge in [0.1, 0.15) is 6.10 Å². The molecule has 1 aromatic carbocycles. The Labute approximate surface area is 127 Å². The first-order valence-electron chi connectivity index (χ1n) is 7.62. The molecule has 0 saturated carbocycles. The maximum atomic E-state index is 12.1. The SMILES string of the molecule is CCCC(C)(C)OC1C(C)OC(=O)N1Cc1ccccc1. The van der Waals surface area contributed by atoms with Crippen molar-refractivity contribution in [2.45, 2.75) is 65.0 Å². The van der Waals surface area contributed by atoms with Crippen LogP contribution >= 0.6 is 0 Å². The van der Waals surface area contributed by atoms with E-state index in [2.05, 4.69) is 20.8 Å². The van der Waals surface area contributed by atoms with E-state index in [0.717, 1.165) is 18.4 Å². The average molecular weight is 291 g/mol. The average Bonchev–Trinajstić information content (AvgIpc) is 2.66. The lowest BCUT2D eigenvalue weighted by Gasteiger charge is -2.33. The molecule has 0 radical (unpaired) electrons. The van der Waals surface area contributed by atoms with Crippen LogP contribution in [0.15, 0.2) is 30.3 Å². The normalized spacial score (nSPS) is 22.5. The van der Waals surface area contributed by atoms with Crippen molar-refractivity contribution in [3.05, 3.63) is 35.9 Å². The maximum Gasteiger partial charge on any atom is 0.412 e. The number of rotatable bonds is 6. The fraction of sp³-hybridized carbons (Fsp3) is 0.588. The third-order valence-corrected chi connectivity index (χ3v) is 3.72. The second-order valence-corrected chi connectivity index (χ2v) is 6.22. The predicted octanol–water partition coefficient (Wildman–Crippen LogP) is 3.95. The van der Waals surface area contributed by atoms with Gasteiger partial charge in [-0.1, -0.05) is 43.7 Å². The summed E-state index contributed by atoms with van der Waals surface area (Å²) < 4.78 is 11.5. The Balaban J connectivity index is 2.11. The fourth-order valence-corrected chi connectivity index (χ4v) is 2.72. The fourth-order valence-electron chi connectivity index (χ4n) is 2.72. The molecule has 0 spiro atoms. The number of hydrogen-bond donors (Lipinski definition) is 0. The highest BCUT2D eigenvalue weighted by atomic mass is 16.6. The third-order valence-electron chi connectivity index (χ3n) is 3.72. The van der Waals surface area contributed by atoms with Crippen molar-refractivity contribution in [3.8, 4) is 0 Å². The summed E-state index contributed by atoms with van der Waals surface area (Å²) in [5.74, 6) is 0. The number of ether oxygens (including phenoxy) is 2. The number of benzene rings is 1. The molecule has 1 heterocycles. The Hall–Kier alpha value is -1.55. The lowest BCUT2D eigenvalue weighted by Crippen LogP contribution is -2.43. The molecule has 1 amide bonds. The standard InChI is InChI=1S/C17H25NO3/c1-5-11-17(3,4)21-15-13(2)20-16(19)18(15)12-14-9-7-6-8-10-14/h6-10,13,15H,5,11-12H2,1-4H3. The van der Waals surface area contributed by atoms with Crippen LogP contribution in [0.5, 0.6) is 0 Å². The van der Waals surface area contributed by atoms with Crippen LogP contribution in [-0.4, -0.2) is 28.9 Å². The molecule has 2 atom stereocenters. The van der Waals surface area contributed by atoms with Gasteiger partial charge in [-0.25, -0.2) is 4.79 Å². The van der Waals surface area contributed by atoms with E-state index in [1.54, 1.807) is 4.90 Å². The first-order valence-corrected chi connectivity index (χ1v) is 7.62. The van der Waals surface area contributed by atoms with Gasteiger partial charge in [-0.15, -0.1) is 0 Å². The number of hydrogen-bond acceptors (Lipinski definition) is 3. The van der Waals surface area contributed by atoms with Crippen LogP contribution in [0.1, 0.15) is 46.1 Å². The van der Waals surface area contributed by atoms with Crippen molar-refractivity contribution in [2.24, 2.45) is 0 Å². The van der Waals surface area contributed by atoms with Crippen LogP contribution in [-0.2, 0) is 16.0 Å². The molecule has 1 fully saturated rings. The van der Waals surface area contributed by atoms with Crippen molar-refractivity contribution in [2.75, 3.05) is 0 Å². The molecule has 0 bridgehead atoms. The molecular weight excluding hydrogens is 266 g/mol. The highest BCUT2D eigenvalue weighted by molar-refractivity contribution is 5.70. The minimum Gasteiger partial charge on any atom is -0.442 e. The first kappa shape index (κ1) is 15.8. The highest BCUT2D eigenvalue weighted by Gasteiger charge is 2.42. The van der Waals surface area contributed by atoms with E-state index in [1.165, 1.54) is 0 Å². The molecule has 0 aromatic heterocycles. The number of nitrogens with zero attached hydrogens (tertiary/aromatic N) is 1. The van der Waals surface area contributed by atoms with Crippen molar-refractivity contribution >= 4 is 6.09 Å². The van der Waals surface area contributed by atoms with Crippen LogP contribution in [0.25, 0.3) is 0 Å². The Morgan fingerprint density at radius 1 is 1.29 bits per heavy atom. The van der Waals surface area contributed by atoms with Crippen LogP contribution in [0, 0.1) is 0 Å². The summed E-state index contributed by atoms with van der Waals surface area (Å²) in [6, 6.07) is 9.91. The van der Waals surface area contributed by atoms with Gasteiger partial charge in [0.05, 0.1) is 12.1 Å². The van der Waals surface area contributed by atoms with Gasteiger partial charge in [-0.3, -0.25) is 4.90 Å². The molecule has 2 rings (SSSR count). The van der Waals surface area contributed by atoms with E-state index in [9.17, 15) is 4.79 Å². The summed E-state index contributed by atoms with van der Waals surface area (Å²) in [6.07, 6.45) is 1.10. The van der Waals surface area contributed by atoms with E-state index < -0.39 is 0 Å². The Bertz CT molecular complexity index is 472. The quantitative estimate of drug-likeness (QED) is 0.796. The van der Waals surface area contributed by atoms with Crippen LogP contribution < -0.4 is 0 Å². The first-order chi connectivity index (χ1) is 9.93. The van der Waals surface area contributed by atoms with E-state index in [1.807, 2.05) is 37.3 Å². The lowest BCUT2D eigenvalue weighted by molar-refractivity contribution is -0.137. The summed E-state index contributed by atoms with van der Waals surface area (Å²) >= 11 is 0. The zero-order valence-electron chi connectivity index (χ0n) is 13.3. The molecule has 21 heavy (non-hydrogen) atoms. The largest absolute Gasteiger partial charge is 0.442 e. The maximum absolute atomic E-state index is 12.1. The monoisotopic (exact) mass is 291 g/mol. The van der Waals surface area contributed by atoms with E-state index in [0.29, 0.717) is 6.54 Å². The summed E-state index contributed by atoms with van der Waals surface area (Å²) in [5, 5.41) is 0. The molecule has 116 valence electrons. The molecule has 4 heteroatoms. The molecule has 0 aliphatic carbocycles. The van der Waals surface area contributed by atoms with Crippen molar-refractivity contribution in [1.29, 1.82) is 0 Å². The predicted molar refractivity (Wildman–Crippen MR) is 81.8 cm³/mol. The number of carbonyl (C=O) groups is 1. The topological polar surface area (TPSA) is 38.8 Å². The molecule has 0 N–H and O–H groups in total. The molecule has 2 unspecified atom stereocenters. The summed E-state index contributed by atoms with van der Waals surface area (Å²) in [5.41, 5.74) is 0.807.